The van der Waals surface area contributed by atoms with Crippen molar-refractivity contribution in [3.63, 3.8) is 0 Å². The summed E-state index contributed by atoms with van der Waals surface area (Å²) in [5.74, 6) is -1.30. The molecule has 6 heteroatoms. The zero-order valence-electron chi connectivity index (χ0n) is 15.1. The van der Waals surface area contributed by atoms with Crippen LogP contribution in [0.15, 0.2) is 54.6 Å². The third-order valence-electron chi connectivity index (χ3n) is 3.59. The molecule has 27 heavy (non-hydrogen) atoms. The Morgan fingerprint density at radius 1 is 1.11 bits per heavy atom. The monoisotopic (exact) mass is 371 g/mol. The minimum absolute atomic E-state index is 0.0957. The van der Waals surface area contributed by atoms with Gasteiger partial charge in [0.1, 0.15) is 12.4 Å². The van der Waals surface area contributed by atoms with Gasteiger partial charge >= 0.3 is 12.1 Å². The fourth-order valence-electron chi connectivity index (χ4n) is 2.26. The molecule has 2 aromatic rings. The van der Waals surface area contributed by atoms with Gasteiger partial charge in [0.25, 0.3) is 0 Å². The highest BCUT2D eigenvalue weighted by Crippen LogP contribution is 2.13. The molecular formula is C21H22FNO4. The molecule has 0 aliphatic carbocycles. The summed E-state index contributed by atoms with van der Waals surface area (Å²) in [5.41, 5.74) is 1.49. The molecule has 2 aromatic carbocycles. The molecule has 0 atom stereocenters. The average molecular weight is 371 g/mol. The second kappa shape index (κ2) is 10.8. The lowest BCUT2D eigenvalue weighted by molar-refractivity contribution is 0.0521. The molecule has 1 amide bonds. The zero-order valence-corrected chi connectivity index (χ0v) is 15.1. The number of hydrogen-bond donors (Lipinski definition) is 1. The van der Waals surface area contributed by atoms with Crippen molar-refractivity contribution in [2.45, 2.75) is 20.0 Å². The van der Waals surface area contributed by atoms with Gasteiger partial charge in [0.05, 0.1) is 12.2 Å². The average Bonchev–Trinajstić information content (AvgIpc) is 2.68. The normalized spacial score (nSPS) is 10.6. The first-order valence-corrected chi connectivity index (χ1v) is 8.68. The van der Waals surface area contributed by atoms with Crippen LogP contribution in [0.25, 0.3) is 6.08 Å². The van der Waals surface area contributed by atoms with E-state index in [1.54, 1.807) is 19.1 Å². The van der Waals surface area contributed by atoms with Crippen LogP contribution in [0.5, 0.6) is 0 Å². The number of carbonyl (C=O) groups is 2. The van der Waals surface area contributed by atoms with Crippen LogP contribution in [0.4, 0.5) is 9.18 Å². The van der Waals surface area contributed by atoms with E-state index in [1.807, 2.05) is 36.4 Å². The van der Waals surface area contributed by atoms with Gasteiger partial charge in [0.2, 0.25) is 0 Å². The van der Waals surface area contributed by atoms with Crippen LogP contribution in [0, 0.1) is 5.82 Å². The lowest BCUT2D eigenvalue weighted by Gasteiger charge is -2.06. The maximum absolute atomic E-state index is 13.7. The molecule has 0 unspecified atom stereocenters. The predicted molar refractivity (Wildman–Crippen MR) is 101 cm³/mol. The summed E-state index contributed by atoms with van der Waals surface area (Å²) in [5, 5.41) is 2.65. The number of rotatable bonds is 8. The number of halogens is 1. The van der Waals surface area contributed by atoms with E-state index < -0.39 is 17.9 Å². The van der Waals surface area contributed by atoms with E-state index in [1.165, 1.54) is 12.1 Å². The van der Waals surface area contributed by atoms with E-state index in [9.17, 15) is 14.0 Å². The third-order valence-corrected chi connectivity index (χ3v) is 3.59. The lowest BCUT2D eigenvalue weighted by atomic mass is 10.1. The molecule has 0 radical (unpaired) electrons. The zero-order chi connectivity index (χ0) is 19.5. The summed E-state index contributed by atoms with van der Waals surface area (Å²) in [6, 6.07) is 13.6. The first kappa shape index (κ1) is 20.2. The van der Waals surface area contributed by atoms with Crippen molar-refractivity contribution in [1.82, 2.24) is 5.32 Å². The van der Waals surface area contributed by atoms with E-state index in [0.29, 0.717) is 18.5 Å². The largest absolute Gasteiger partial charge is 0.462 e. The van der Waals surface area contributed by atoms with Crippen molar-refractivity contribution in [2.24, 2.45) is 0 Å². The van der Waals surface area contributed by atoms with Gasteiger partial charge < -0.3 is 14.8 Å². The Morgan fingerprint density at radius 3 is 2.63 bits per heavy atom. The van der Waals surface area contributed by atoms with Crippen molar-refractivity contribution < 1.29 is 23.5 Å². The van der Waals surface area contributed by atoms with Crippen LogP contribution in [-0.2, 0) is 16.1 Å². The summed E-state index contributed by atoms with van der Waals surface area (Å²) >= 11 is 0. The van der Waals surface area contributed by atoms with Crippen molar-refractivity contribution in [2.75, 3.05) is 13.2 Å². The number of carbonyl (C=O) groups excluding carboxylic acids is 2. The van der Waals surface area contributed by atoms with Crippen LogP contribution in [-0.4, -0.2) is 25.2 Å². The Bertz CT molecular complexity index is 790. The van der Waals surface area contributed by atoms with E-state index >= 15 is 0 Å². The maximum atomic E-state index is 13.7. The smallest absolute Gasteiger partial charge is 0.407 e. The Kier molecular flexibility index (Phi) is 8.03. The molecule has 0 saturated carbocycles. The molecule has 0 bridgehead atoms. The highest BCUT2D eigenvalue weighted by Gasteiger charge is 2.12. The fourth-order valence-corrected chi connectivity index (χ4v) is 2.26. The van der Waals surface area contributed by atoms with E-state index in [0.717, 1.165) is 5.56 Å². The summed E-state index contributed by atoms with van der Waals surface area (Å²) in [6.07, 6.45) is 3.64. The molecule has 142 valence electrons. The molecule has 0 heterocycles. The predicted octanol–water partition coefficient (Wildman–Crippen LogP) is 4.33. The van der Waals surface area contributed by atoms with Crippen LogP contribution in [0.1, 0.15) is 34.8 Å². The molecule has 0 aromatic heterocycles. The van der Waals surface area contributed by atoms with Gasteiger partial charge in [-0.25, -0.2) is 14.0 Å². The standard InChI is InChI=1S/C21H22FNO4/c1-2-26-20(24)18-14-16(11-12-19(18)22)8-6-7-13-23-21(25)27-15-17-9-4-3-5-10-17/h3-6,8-12,14H,2,7,13,15H2,1H3,(H,23,25). The highest BCUT2D eigenvalue weighted by atomic mass is 19.1. The number of amides is 1. The molecule has 0 spiro atoms. The molecule has 0 saturated heterocycles. The summed E-state index contributed by atoms with van der Waals surface area (Å²) in [4.78, 5) is 23.3. The quantitative estimate of drug-likeness (QED) is 0.554. The third kappa shape index (κ3) is 6.93. The summed E-state index contributed by atoms with van der Waals surface area (Å²) in [6.45, 7) is 2.46. The summed E-state index contributed by atoms with van der Waals surface area (Å²) in [7, 11) is 0. The number of esters is 1. The van der Waals surface area contributed by atoms with Crippen LogP contribution < -0.4 is 5.32 Å². The molecule has 0 aliphatic heterocycles. The SMILES string of the molecule is CCOC(=O)c1cc(C=CCCNC(=O)OCc2ccccc2)ccc1F. The van der Waals surface area contributed by atoms with Crippen molar-refractivity contribution in [3.8, 4) is 0 Å². The minimum atomic E-state index is -0.687. The van der Waals surface area contributed by atoms with Crippen molar-refractivity contribution in [3.05, 3.63) is 77.1 Å². The molecule has 0 fully saturated rings. The number of alkyl carbamates (subject to hydrolysis) is 1. The van der Waals surface area contributed by atoms with Crippen molar-refractivity contribution in [1.29, 1.82) is 0 Å². The Hall–Kier alpha value is -3.15. The van der Waals surface area contributed by atoms with E-state index in [-0.39, 0.29) is 18.8 Å². The number of hydrogen-bond acceptors (Lipinski definition) is 4. The van der Waals surface area contributed by atoms with Crippen LogP contribution in [0.3, 0.4) is 0 Å². The Labute approximate surface area is 157 Å². The Morgan fingerprint density at radius 2 is 1.89 bits per heavy atom. The minimum Gasteiger partial charge on any atom is -0.462 e. The van der Waals surface area contributed by atoms with Gasteiger partial charge in [-0.15, -0.1) is 0 Å². The second-order valence-corrected chi connectivity index (χ2v) is 5.64. The fraction of sp³-hybridized carbons (Fsp3) is 0.238. The van der Waals surface area contributed by atoms with E-state index in [2.05, 4.69) is 5.32 Å². The highest BCUT2D eigenvalue weighted by molar-refractivity contribution is 5.90. The number of benzene rings is 2. The maximum Gasteiger partial charge on any atom is 0.407 e. The van der Waals surface area contributed by atoms with E-state index in [4.69, 9.17) is 9.47 Å². The van der Waals surface area contributed by atoms with Gasteiger partial charge in [-0.05, 0) is 36.6 Å². The van der Waals surface area contributed by atoms with Crippen molar-refractivity contribution >= 4 is 18.1 Å². The molecule has 5 nitrogen and oxygen atoms in total. The molecule has 2 rings (SSSR count). The lowest BCUT2D eigenvalue weighted by Crippen LogP contribution is -2.24. The molecule has 1 N–H and O–H groups in total. The van der Waals surface area contributed by atoms with Crippen LogP contribution in [0.2, 0.25) is 0 Å². The van der Waals surface area contributed by atoms with Gasteiger partial charge in [-0.2, -0.15) is 0 Å². The van der Waals surface area contributed by atoms with Gasteiger partial charge in [-0.1, -0.05) is 48.6 Å². The first-order chi connectivity index (χ1) is 13.1. The van der Waals surface area contributed by atoms with Gasteiger partial charge in [-0.3, -0.25) is 0 Å². The molecular weight excluding hydrogens is 349 g/mol. The number of nitrogens with one attached hydrogen (secondary N) is 1. The van der Waals surface area contributed by atoms with Gasteiger partial charge in [0.15, 0.2) is 0 Å². The second-order valence-electron chi connectivity index (χ2n) is 5.64. The van der Waals surface area contributed by atoms with Gasteiger partial charge in [0, 0.05) is 6.54 Å². The topological polar surface area (TPSA) is 64.6 Å². The summed E-state index contributed by atoms with van der Waals surface area (Å²) < 4.78 is 23.6. The Balaban J connectivity index is 1.75. The molecule has 0 aliphatic rings. The number of ether oxygens (including phenoxy) is 2. The van der Waals surface area contributed by atoms with Crippen LogP contribution >= 0.6 is 0 Å². The first-order valence-electron chi connectivity index (χ1n) is 8.68.